The number of hydrogen-bond donors (Lipinski definition) is 1. The number of nitrogens with zero attached hydrogens (tertiary/aromatic N) is 2. The van der Waals surface area contributed by atoms with Crippen molar-refractivity contribution in [3.63, 3.8) is 0 Å². The van der Waals surface area contributed by atoms with Gasteiger partial charge in [-0.1, -0.05) is 34.7 Å². The van der Waals surface area contributed by atoms with Crippen molar-refractivity contribution in [2.24, 2.45) is 11.8 Å². The minimum atomic E-state index is -0.762. The van der Waals surface area contributed by atoms with Crippen LogP contribution in [0, 0.1) is 11.8 Å². The van der Waals surface area contributed by atoms with Gasteiger partial charge >= 0.3 is 5.97 Å². The van der Waals surface area contributed by atoms with Crippen LogP contribution in [0.4, 0.5) is 0 Å². The van der Waals surface area contributed by atoms with Crippen molar-refractivity contribution < 1.29 is 24.2 Å². The summed E-state index contributed by atoms with van der Waals surface area (Å²) in [6.45, 7) is 13.1. The molecule has 172 valence electrons. The van der Waals surface area contributed by atoms with E-state index >= 15 is 0 Å². The molecule has 1 N–H and O–H groups in total. The molecular weight excluding hydrogens is 484 g/mol. The predicted octanol–water partition coefficient (Wildman–Crippen LogP) is 1.98. The molecule has 7 atom stereocenters. The Kier molecular flexibility index (Phi) is 7.28. The molecule has 2 bridgehead atoms. The minimum Gasteiger partial charge on any atom is -0.461 e. The Labute approximate surface area is 196 Å². The number of carbonyl (C=O) groups is 3. The smallest absolute Gasteiger partial charge is 0.311 e. The van der Waals surface area contributed by atoms with Crippen molar-refractivity contribution in [1.82, 2.24) is 9.80 Å². The van der Waals surface area contributed by atoms with Crippen LogP contribution in [0.15, 0.2) is 25.3 Å². The highest BCUT2D eigenvalue weighted by Crippen LogP contribution is 2.68. The zero-order valence-electron chi connectivity index (χ0n) is 18.2. The van der Waals surface area contributed by atoms with Gasteiger partial charge in [0.15, 0.2) is 0 Å². The lowest BCUT2D eigenvalue weighted by atomic mass is 9.71. The van der Waals surface area contributed by atoms with Gasteiger partial charge in [-0.25, -0.2) is 0 Å². The number of aliphatic hydroxyl groups is 1. The fourth-order valence-electron chi connectivity index (χ4n) is 5.27. The second-order valence-corrected chi connectivity index (χ2v) is 11.4. The summed E-state index contributed by atoms with van der Waals surface area (Å²) in [4.78, 5) is 43.7. The van der Waals surface area contributed by atoms with E-state index in [4.69, 9.17) is 4.74 Å². The van der Waals surface area contributed by atoms with Crippen molar-refractivity contribution in [3.05, 3.63) is 25.3 Å². The Hall–Kier alpha value is -1.32. The maximum Gasteiger partial charge on any atom is 0.311 e. The van der Waals surface area contributed by atoms with Gasteiger partial charge in [0.2, 0.25) is 11.8 Å². The number of likely N-dealkylation sites (tertiary alicyclic amines) is 1. The molecule has 3 unspecified atom stereocenters. The Morgan fingerprint density at radius 2 is 2.06 bits per heavy atom. The normalized spacial score (nSPS) is 34.6. The zero-order chi connectivity index (χ0) is 23.1. The molecular formula is C22H31BrN2O5S. The summed E-state index contributed by atoms with van der Waals surface area (Å²) in [5, 5.41) is 9.73. The van der Waals surface area contributed by atoms with Crippen molar-refractivity contribution in [3.8, 4) is 0 Å². The van der Waals surface area contributed by atoms with E-state index in [9.17, 15) is 19.5 Å². The molecule has 0 aromatic carbocycles. The zero-order valence-corrected chi connectivity index (χ0v) is 20.6. The molecule has 2 amide bonds. The summed E-state index contributed by atoms with van der Waals surface area (Å²) in [6, 6.07) is -1.39. The Morgan fingerprint density at radius 3 is 2.61 bits per heavy atom. The molecule has 3 fully saturated rings. The molecule has 0 radical (unpaired) electrons. The SMILES string of the molecule is C=CCOC(=O)[C@H]1[C@@H]2SC3(CC2Br)C(C(=O)N(CC=C)C(C)C)N([C@H](C)CO)C(=O)[C@H]13. The van der Waals surface area contributed by atoms with E-state index in [2.05, 4.69) is 29.1 Å². The van der Waals surface area contributed by atoms with Crippen LogP contribution in [-0.4, -0.2) is 85.4 Å². The summed E-state index contributed by atoms with van der Waals surface area (Å²) in [6.07, 6.45) is 3.76. The summed E-state index contributed by atoms with van der Waals surface area (Å²) in [5.74, 6) is -2.16. The summed E-state index contributed by atoms with van der Waals surface area (Å²) in [7, 11) is 0. The molecule has 0 aromatic rings. The number of thioether (sulfide) groups is 1. The monoisotopic (exact) mass is 514 g/mol. The summed E-state index contributed by atoms with van der Waals surface area (Å²) >= 11 is 5.26. The van der Waals surface area contributed by atoms with E-state index in [1.807, 2.05) is 13.8 Å². The predicted molar refractivity (Wildman–Crippen MR) is 124 cm³/mol. The minimum absolute atomic E-state index is 0.0191. The quantitative estimate of drug-likeness (QED) is 0.287. The molecule has 3 heterocycles. The first-order chi connectivity index (χ1) is 14.7. The van der Waals surface area contributed by atoms with Crippen LogP contribution < -0.4 is 0 Å². The lowest BCUT2D eigenvalue weighted by Gasteiger charge is -2.40. The number of fused-ring (bicyclic) bond motifs is 1. The first-order valence-corrected chi connectivity index (χ1v) is 12.4. The maximum absolute atomic E-state index is 13.9. The van der Waals surface area contributed by atoms with Gasteiger partial charge in [-0.15, -0.1) is 18.3 Å². The summed E-state index contributed by atoms with van der Waals surface area (Å²) < 4.78 is 4.60. The molecule has 0 aliphatic carbocycles. The fraction of sp³-hybridized carbons (Fsp3) is 0.682. The number of hydrogen-bond acceptors (Lipinski definition) is 6. The van der Waals surface area contributed by atoms with Crippen LogP contribution in [0.3, 0.4) is 0 Å². The second-order valence-electron chi connectivity index (χ2n) is 8.73. The summed E-state index contributed by atoms with van der Waals surface area (Å²) in [5.41, 5.74) is 0. The van der Waals surface area contributed by atoms with E-state index in [-0.39, 0.29) is 41.1 Å². The second kappa shape index (κ2) is 9.27. The van der Waals surface area contributed by atoms with E-state index in [1.165, 1.54) is 11.0 Å². The van der Waals surface area contributed by atoms with Gasteiger partial charge in [0.25, 0.3) is 0 Å². The van der Waals surface area contributed by atoms with Crippen molar-refractivity contribution in [2.45, 2.75) is 60.1 Å². The molecule has 1 spiro atoms. The molecule has 0 aromatic heterocycles. The molecule has 7 nitrogen and oxygen atoms in total. The molecule has 0 saturated carbocycles. The first-order valence-electron chi connectivity index (χ1n) is 10.6. The highest BCUT2D eigenvalue weighted by atomic mass is 79.9. The molecule has 9 heteroatoms. The number of carbonyl (C=O) groups excluding carboxylic acids is 3. The van der Waals surface area contributed by atoms with Gasteiger partial charge in [-0.2, -0.15) is 0 Å². The third-order valence-electron chi connectivity index (χ3n) is 6.55. The Morgan fingerprint density at radius 1 is 1.39 bits per heavy atom. The average molecular weight is 515 g/mol. The van der Waals surface area contributed by atoms with Crippen LogP contribution >= 0.6 is 27.7 Å². The lowest BCUT2D eigenvalue weighted by molar-refractivity contribution is -0.153. The number of rotatable bonds is 9. The highest BCUT2D eigenvalue weighted by Gasteiger charge is 2.76. The first kappa shape index (κ1) is 24.3. The Bertz CT molecular complexity index is 777. The molecule has 3 aliphatic rings. The van der Waals surface area contributed by atoms with Gasteiger partial charge in [0.1, 0.15) is 12.6 Å². The fourth-order valence-corrected chi connectivity index (χ4v) is 8.85. The molecule has 3 saturated heterocycles. The van der Waals surface area contributed by atoms with Crippen LogP contribution in [0.2, 0.25) is 0 Å². The van der Waals surface area contributed by atoms with Crippen LogP contribution in [0.5, 0.6) is 0 Å². The topological polar surface area (TPSA) is 87.2 Å². The molecule has 3 aliphatic heterocycles. The molecule has 3 rings (SSSR count). The van der Waals surface area contributed by atoms with Crippen LogP contribution in [-0.2, 0) is 19.1 Å². The van der Waals surface area contributed by atoms with E-state index in [1.54, 1.807) is 29.7 Å². The Balaban J connectivity index is 2.09. The van der Waals surface area contributed by atoms with Gasteiger partial charge in [-0.05, 0) is 27.2 Å². The standard InChI is InChI=1S/C22H31BrN2O5S/c1-6-8-24(12(3)4)20(28)18-22-10-14(23)17(31-22)15(21(29)30-9-7-2)16(22)19(27)25(18)13(5)11-26/h6-7,12-18,26H,1-2,8-11H2,3-5H3/t13-,14?,15-,16+,17-,18?,22?/m1/s1. The number of ether oxygens (including phenoxy) is 1. The maximum atomic E-state index is 13.9. The lowest BCUT2D eigenvalue weighted by Crippen LogP contribution is -2.58. The number of esters is 1. The van der Waals surface area contributed by atoms with Gasteiger partial charge in [0, 0.05) is 22.7 Å². The highest BCUT2D eigenvalue weighted by molar-refractivity contribution is 9.09. The van der Waals surface area contributed by atoms with Gasteiger partial charge < -0.3 is 19.6 Å². The van der Waals surface area contributed by atoms with Gasteiger partial charge in [-0.3, -0.25) is 14.4 Å². The number of aliphatic hydroxyl groups excluding tert-OH is 1. The average Bonchev–Trinajstić information content (AvgIpc) is 3.32. The van der Waals surface area contributed by atoms with E-state index in [0.717, 1.165) is 0 Å². The van der Waals surface area contributed by atoms with Crippen LogP contribution in [0.25, 0.3) is 0 Å². The van der Waals surface area contributed by atoms with E-state index < -0.39 is 34.6 Å². The molecule has 31 heavy (non-hydrogen) atoms. The van der Waals surface area contributed by atoms with E-state index in [0.29, 0.717) is 13.0 Å². The van der Waals surface area contributed by atoms with Gasteiger partial charge in [0.05, 0.1) is 29.2 Å². The van der Waals surface area contributed by atoms with Crippen LogP contribution in [0.1, 0.15) is 27.2 Å². The van der Waals surface area contributed by atoms with Crippen molar-refractivity contribution in [1.29, 1.82) is 0 Å². The third kappa shape index (κ3) is 3.76. The number of halogens is 1. The van der Waals surface area contributed by atoms with Crippen molar-refractivity contribution >= 4 is 45.5 Å². The number of alkyl halides is 1. The largest absolute Gasteiger partial charge is 0.461 e. The van der Waals surface area contributed by atoms with Crippen molar-refractivity contribution in [2.75, 3.05) is 19.8 Å². The third-order valence-corrected chi connectivity index (χ3v) is 9.77. The number of amides is 2.